The van der Waals surface area contributed by atoms with Crippen molar-refractivity contribution in [2.24, 2.45) is 23.2 Å². The Labute approximate surface area is 112 Å². The van der Waals surface area contributed by atoms with E-state index in [0.29, 0.717) is 11.7 Å². The molecule has 4 unspecified atom stereocenters. The van der Waals surface area contributed by atoms with Gasteiger partial charge in [-0.15, -0.1) is 0 Å². The average molecular weight is 251 g/mol. The number of nitrogens with one attached hydrogen (secondary N) is 1. The highest BCUT2D eigenvalue weighted by Gasteiger charge is 2.44. The summed E-state index contributed by atoms with van der Waals surface area (Å²) in [6, 6.07) is 0. The third kappa shape index (κ3) is 2.64. The lowest BCUT2D eigenvalue weighted by Crippen LogP contribution is -2.40. The third-order valence-electron chi connectivity index (χ3n) is 5.46. The Hall–Kier alpha value is -0.370. The zero-order valence-corrected chi connectivity index (χ0v) is 12.3. The zero-order valence-electron chi connectivity index (χ0n) is 12.3. The Morgan fingerprint density at radius 1 is 1.28 bits per heavy atom. The molecular weight excluding hydrogens is 222 g/mol. The minimum atomic E-state index is -0.0142. The molecule has 0 aromatic carbocycles. The molecule has 2 aliphatic rings. The first kappa shape index (κ1) is 14.0. The summed E-state index contributed by atoms with van der Waals surface area (Å²) >= 11 is 0. The second-order valence-corrected chi connectivity index (χ2v) is 6.79. The van der Waals surface area contributed by atoms with E-state index >= 15 is 0 Å². The van der Waals surface area contributed by atoms with Crippen molar-refractivity contribution in [1.29, 1.82) is 0 Å². The zero-order chi connectivity index (χ0) is 13.2. The molecule has 1 aliphatic carbocycles. The molecule has 1 aliphatic heterocycles. The first-order chi connectivity index (χ1) is 8.59. The molecule has 18 heavy (non-hydrogen) atoms. The fourth-order valence-electron chi connectivity index (χ4n) is 3.99. The van der Waals surface area contributed by atoms with Crippen molar-refractivity contribution in [3.63, 3.8) is 0 Å². The summed E-state index contributed by atoms with van der Waals surface area (Å²) in [5.74, 6) is 2.47. The summed E-state index contributed by atoms with van der Waals surface area (Å²) in [6.45, 7) is 8.83. The number of carbonyl (C=O) groups is 1. The lowest BCUT2D eigenvalue weighted by molar-refractivity contribution is -0.134. The maximum atomic E-state index is 12.9. The van der Waals surface area contributed by atoms with Gasteiger partial charge in [0.15, 0.2) is 0 Å². The molecule has 2 heteroatoms. The molecule has 0 spiro atoms. The van der Waals surface area contributed by atoms with Crippen molar-refractivity contribution in [1.82, 2.24) is 5.32 Å². The van der Waals surface area contributed by atoms with Crippen LogP contribution in [0.2, 0.25) is 0 Å². The van der Waals surface area contributed by atoms with Crippen molar-refractivity contribution in [2.75, 3.05) is 13.1 Å². The Morgan fingerprint density at radius 3 is 2.61 bits per heavy atom. The van der Waals surface area contributed by atoms with Crippen LogP contribution in [0, 0.1) is 23.2 Å². The van der Waals surface area contributed by atoms with Crippen LogP contribution in [0.4, 0.5) is 0 Å². The van der Waals surface area contributed by atoms with E-state index in [1.807, 2.05) is 0 Å². The van der Waals surface area contributed by atoms with Crippen molar-refractivity contribution in [3.8, 4) is 0 Å². The van der Waals surface area contributed by atoms with E-state index in [9.17, 15) is 4.79 Å². The minimum absolute atomic E-state index is 0.0142. The van der Waals surface area contributed by atoms with Crippen LogP contribution in [0.3, 0.4) is 0 Å². The maximum absolute atomic E-state index is 12.9. The van der Waals surface area contributed by atoms with Crippen LogP contribution in [0.5, 0.6) is 0 Å². The van der Waals surface area contributed by atoms with Gasteiger partial charge in [0.1, 0.15) is 5.78 Å². The van der Waals surface area contributed by atoms with Crippen LogP contribution in [-0.4, -0.2) is 18.9 Å². The van der Waals surface area contributed by atoms with Crippen molar-refractivity contribution >= 4 is 5.78 Å². The summed E-state index contributed by atoms with van der Waals surface area (Å²) < 4.78 is 0. The maximum Gasteiger partial charge on any atom is 0.143 e. The topological polar surface area (TPSA) is 29.1 Å². The molecule has 1 saturated carbocycles. The molecule has 1 N–H and O–H groups in total. The molecule has 4 atom stereocenters. The Kier molecular flexibility index (Phi) is 4.47. The van der Waals surface area contributed by atoms with Gasteiger partial charge in [0.05, 0.1) is 0 Å². The van der Waals surface area contributed by atoms with Crippen LogP contribution in [0.15, 0.2) is 0 Å². The number of Topliss-reactive ketones (excluding diaryl/α,β-unsaturated/α-hetero) is 1. The molecule has 2 rings (SSSR count). The van der Waals surface area contributed by atoms with E-state index in [4.69, 9.17) is 0 Å². The van der Waals surface area contributed by atoms with Gasteiger partial charge in [-0.05, 0) is 50.5 Å². The molecular formula is C16H29NO. The first-order valence-corrected chi connectivity index (χ1v) is 7.84. The van der Waals surface area contributed by atoms with E-state index in [1.165, 1.54) is 6.42 Å². The van der Waals surface area contributed by atoms with Gasteiger partial charge in [-0.2, -0.15) is 0 Å². The second-order valence-electron chi connectivity index (χ2n) is 6.79. The monoisotopic (exact) mass is 251 g/mol. The van der Waals surface area contributed by atoms with Gasteiger partial charge in [-0.1, -0.05) is 27.2 Å². The SMILES string of the molecule is CCCC1(C(=O)C2CCC(C)C(C)C2)CCNC1. The molecule has 0 amide bonds. The second kappa shape index (κ2) is 5.73. The Balaban J connectivity index is 2.05. The fourth-order valence-corrected chi connectivity index (χ4v) is 3.99. The smallest absolute Gasteiger partial charge is 0.143 e. The molecule has 2 fully saturated rings. The largest absolute Gasteiger partial charge is 0.316 e. The summed E-state index contributed by atoms with van der Waals surface area (Å²) in [5.41, 5.74) is -0.0142. The highest BCUT2D eigenvalue weighted by molar-refractivity contribution is 5.87. The molecule has 1 heterocycles. The highest BCUT2D eigenvalue weighted by Crippen LogP contribution is 2.41. The van der Waals surface area contributed by atoms with Crippen LogP contribution >= 0.6 is 0 Å². The summed E-state index contributed by atoms with van der Waals surface area (Å²) in [7, 11) is 0. The quantitative estimate of drug-likeness (QED) is 0.829. The predicted molar refractivity (Wildman–Crippen MR) is 75.5 cm³/mol. The van der Waals surface area contributed by atoms with Gasteiger partial charge in [0.25, 0.3) is 0 Å². The Morgan fingerprint density at radius 2 is 2.06 bits per heavy atom. The first-order valence-electron chi connectivity index (χ1n) is 7.84. The Bertz CT molecular complexity index is 293. The average Bonchev–Trinajstić information content (AvgIpc) is 2.82. The van der Waals surface area contributed by atoms with E-state index in [0.717, 1.165) is 57.0 Å². The number of hydrogen-bond acceptors (Lipinski definition) is 2. The highest BCUT2D eigenvalue weighted by atomic mass is 16.1. The molecule has 104 valence electrons. The molecule has 2 nitrogen and oxygen atoms in total. The van der Waals surface area contributed by atoms with Crippen LogP contribution in [-0.2, 0) is 4.79 Å². The fraction of sp³-hybridized carbons (Fsp3) is 0.938. The van der Waals surface area contributed by atoms with Gasteiger partial charge < -0.3 is 5.32 Å². The van der Waals surface area contributed by atoms with Gasteiger partial charge in [-0.25, -0.2) is 0 Å². The summed E-state index contributed by atoms with van der Waals surface area (Å²) in [5, 5.41) is 3.42. The lowest BCUT2D eigenvalue weighted by atomic mass is 9.67. The van der Waals surface area contributed by atoms with Crippen molar-refractivity contribution in [3.05, 3.63) is 0 Å². The predicted octanol–water partition coefficient (Wildman–Crippen LogP) is 3.41. The van der Waals surface area contributed by atoms with Crippen LogP contribution < -0.4 is 5.32 Å². The normalized spacial score (nSPS) is 40.9. The molecule has 0 aromatic heterocycles. The van der Waals surface area contributed by atoms with Gasteiger partial charge in [-0.3, -0.25) is 4.79 Å². The summed E-state index contributed by atoms with van der Waals surface area (Å²) in [6.07, 6.45) is 6.79. The van der Waals surface area contributed by atoms with Crippen molar-refractivity contribution < 1.29 is 4.79 Å². The molecule has 1 saturated heterocycles. The van der Waals surface area contributed by atoms with Gasteiger partial charge >= 0.3 is 0 Å². The number of rotatable bonds is 4. The van der Waals surface area contributed by atoms with E-state index < -0.39 is 0 Å². The van der Waals surface area contributed by atoms with Crippen molar-refractivity contribution in [2.45, 2.75) is 59.3 Å². The standard InChI is InChI=1S/C16H29NO/c1-4-7-16(8-9-17-11-16)15(18)14-6-5-12(2)13(3)10-14/h12-14,17H,4-11H2,1-3H3. The van der Waals surface area contributed by atoms with E-state index in [2.05, 4.69) is 26.1 Å². The number of ketones is 1. The summed E-state index contributed by atoms with van der Waals surface area (Å²) in [4.78, 5) is 12.9. The van der Waals surface area contributed by atoms with Gasteiger partial charge in [0, 0.05) is 17.9 Å². The lowest BCUT2D eigenvalue weighted by Gasteiger charge is -2.36. The van der Waals surface area contributed by atoms with Gasteiger partial charge in [0.2, 0.25) is 0 Å². The minimum Gasteiger partial charge on any atom is -0.316 e. The number of carbonyl (C=O) groups excluding carboxylic acids is 1. The van der Waals surface area contributed by atoms with Crippen LogP contribution in [0.1, 0.15) is 59.3 Å². The molecule has 0 radical (unpaired) electrons. The third-order valence-corrected chi connectivity index (χ3v) is 5.46. The molecule has 0 bridgehead atoms. The van der Waals surface area contributed by atoms with Crippen LogP contribution in [0.25, 0.3) is 0 Å². The molecule has 0 aromatic rings. The van der Waals surface area contributed by atoms with E-state index in [-0.39, 0.29) is 5.41 Å². The number of hydrogen-bond donors (Lipinski definition) is 1. The van der Waals surface area contributed by atoms with E-state index in [1.54, 1.807) is 0 Å².